The maximum Gasteiger partial charge on any atom is 0.415 e. The molecule has 2 aliphatic heterocycles. The highest BCUT2D eigenvalue weighted by molar-refractivity contribution is 6.35. The van der Waals surface area contributed by atoms with Crippen LogP contribution < -0.4 is 20.1 Å². The number of rotatable bonds is 8. The van der Waals surface area contributed by atoms with E-state index in [-0.39, 0.29) is 36.0 Å². The molecule has 0 spiro atoms. The van der Waals surface area contributed by atoms with Crippen molar-refractivity contribution in [2.24, 2.45) is 5.73 Å². The Bertz CT molecular complexity index is 1170. The van der Waals surface area contributed by atoms with E-state index in [1.165, 1.54) is 18.2 Å². The van der Waals surface area contributed by atoms with Crippen LogP contribution in [0.3, 0.4) is 0 Å². The molecule has 1 amide bonds. The fraction of sp³-hybridized carbons (Fsp3) is 0.400. The molecule has 0 radical (unpaired) electrons. The molecule has 1 unspecified atom stereocenters. The fourth-order valence-corrected chi connectivity index (χ4v) is 5.02. The summed E-state index contributed by atoms with van der Waals surface area (Å²) in [5.41, 5.74) is 7.00. The van der Waals surface area contributed by atoms with Crippen LogP contribution in [0.4, 0.5) is 10.5 Å². The number of ether oxygens (including phenoxy) is 3. The first-order chi connectivity index (χ1) is 17.2. The Balaban J connectivity index is 1.50. The van der Waals surface area contributed by atoms with Crippen LogP contribution in [0.5, 0.6) is 11.5 Å². The number of amides is 1. The molecule has 9 nitrogen and oxygen atoms in total. The van der Waals surface area contributed by atoms with Crippen LogP contribution >= 0.6 is 23.2 Å². The van der Waals surface area contributed by atoms with Gasteiger partial charge in [0.1, 0.15) is 18.2 Å². The van der Waals surface area contributed by atoms with E-state index in [0.717, 1.165) is 31.5 Å². The fourth-order valence-electron chi connectivity index (χ4n) is 4.43. The van der Waals surface area contributed by atoms with Crippen molar-refractivity contribution in [3.8, 4) is 11.5 Å². The summed E-state index contributed by atoms with van der Waals surface area (Å²) in [7, 11) is 0. The highest BCUT2D eigenvalue weighted by atomic mass is 35.5. The average molecular weight is 535 g/mol. The van der Waals surface area contributed by atoms with Crippen molar-refractivity contribution < 1.29 is 23.8 Å². The number of cyclic esters (lactones) is 1. The van der Waals surface area contributed by atoms with Crippen LogP contribution in [-0.4, -0.2) is 55.1 Å². The minimum absolute atomic E-state index is 0.0283. The minimum Gasteiger partial charge on any atom is -0.488 e. The van der Waals surface area contributed by atoms with Crippen molar-refractivity contribution in [1.82, 2.24) is 4.90 Å². The molecule has 36 heavy (non-hydrogen) atoms. The number of benzene rings is 2. The molecule has 2 saturated heterocycles. The predicted molar refractivity (Wildman–Crippen MR) is 137 cm³/mol. The molecule has 192 valence electrons. The number of hydrogen-bond acceptors (Lipinski definition) is 7. The predicted octanol–water partition coefficient (Wildman–Crippen LogP) is 4.59. The Kier molecular flexibility index (Phi) is 8.23. The van der Waals surface area contributed by atoms with Crippen LogP contribution in [0.2, 0.25) is 10.0 Å². The number of halogens is 2. The zero-order chi connectivity index (χ0) is 25.8. The first-order valence-corrected chi connectivity index (χ1v) is 12.5. The van der Waals surface area contributed by atoms with E-state index in [2.05, 4.69) is 4.90 Å². The number of carbonyl (C=O) groups excluding carboxylic acids is 2. The molecular weight excluding hydrogens is 507 g/mol. The number of esters is 1. The van der Waals surface area contributed by atoms with E-state index in [1.54, 1.807) is 24.3 Å². The number of piperidine rings is 1. The van der Waals surface area contributed by atoms with Crippen molar-refractivity contribution in [3.05, 3.63) is 51.5 Å². The molecule has 3 N–H and O–H groups in total. The van der Waals surface area contributed by atoms with Gasteiger partial charge in [-0.25, -0.2) is 4.79 Å². The van der Waals surface area contributed by atoms with Crippen LogP contribution in [0.1, 0.15) is 37.3 Å². The summed E-state index contributed by atoms with van der Waals surface area (Å²) in [6.07, 6.45) is 2.29. The molecule has 1 atom stereocenters. The summed E-state index contributed by atoms with van der Waals surface area (Å²) in [5.74, 6) is -0.351. The molecule has 0 aromatic heterocycles. The van der Waals surface area contributed by atoms with Gasteiger partial charge < -0.3 is 19.9 Å². The lowest BCUT2D eigenvalue weighted by molar-refractivity contribution is -0.131. The first kappa shape index (κ1) is 26.1. The average Bonchev–Trinajstić information content (AvgIpc) is 3.19. The maximum absolute atomic E-state index is 12.7. The highest BCUT2D eigenvalue weighted by Crippen LogP contribution is 2.37. The Labute approximate surface area is 219 Å². The van der Waals surface area contributed by atoms with E-state index in [9.17, 15) is 9.59 Å². The van der Waals surface area contributed by atoms with Gasteiger partial charge in [0, 0.05) is 24.1 Å². The molecule has 0 aliphatic carbocycles. The van der Waals surface area contributed by atoms with Gasteiger partial charge in [-0.15, -0.1) is 0 Å². The number of carbonyl (C=O) groups is 2. The van der Waals surface area contributed by atoms with Crippen molar-refractivity contribution >= 4 is 46.8 Å². The third kappa shape index (κ3) is 6.03. The van der Waals surface area contributed by atoms with E-state index < -0.39 is 18.2 Å². The number of likely N-dealkylation sites (tertiary alicyclic amines) is 1. The SMILES string of the molecule is CC(=O)Oc1c(C(=N)N)cccc1N1CC(COc2c(Cl)cc(Cl)cc2CN2CCCCC2)OC1=O. The van der Waals surface area contributed by atoms with E-state index in [0.29, 0.717) is 22.3 Å². The van der Waals surface area contributed by atoms with Gasteiger partial charge >= 0.3 is 12.1 Å². The van der Waals surface area contributed by atoms with Crippen LogP contribution in [0.25, 0.3) is 0 Å². The second-order valence-electron chi connectivity index (χ2n) is 8.80. The smallest absolute Gasteiger partial charge is 0.415 e. The molecule has 2 heterocycles. The molecular formula is C25H28Cl2N4O5. The Morgan fingerprint density at radius 3 is 2.64 bits per heavy atom. The summed E-state index contributed by atoms with van der Waals surface area (Å²) in [6.45, 7) is 4.10. The van der Waals surface area contributed by atoms with Gasteiger partial charge in [0.05, 0.1) is 22.8 Å². The Morgan fingerprint density at radius 2 is 1.94 bits per heavy atom. The summed E-state index contributed by atoms with van der Waals surface area (Å²) in [4.78, 5) is 28.1. The number of amidine groups is 1. The normalized spacial score (nSPS) is 18.1. The third-order valence-corrected chi connectivity index (χ3v) is 6.54. The Hall–Kier alpha value is -3.01. The van der Waals surface area contributed by atoms with E-state index in [1.807, 2.05) is 6.07 Å². The standard InChI is InChI=1S/C25H28Cl2N4O5/c1-15(32)35-23-19(24(28)29)6-5-7-21(23)31-13-18(36-25(31)33)14-34-22-16(10-17(26)11-20(22)27)12-30-8-3-2-4-9-30/h5-7,10-11,18H,2-4,8-9,12-14H2,1H3,(H3,28,29). The maximum atomic E-state index is 12.7. The third-order valence-electron chi connectivity index (χ3n) is 6.04. The quantitative estimate of drug-likeness (QED) is 0.220. The molecule has 11 heteroatoms. The number of nitrogens with two attached hydrogens (primary N) is 1. The monoisotopic (exact) mass is 534 g/mol. The van der Waals surface area contributed by atoms with Gasteiger partial charge in [0.25, 0.3) is 0 Å². The second kappa shape index (κ2) is 11.4. The summed E-state index contributed by atoms with van der Waals surface area (Å²) >= 11 is 12.7. The zero-order valence-corrected chi connectivity index (χ0v) is 21.4. The molecule has 2 aliphatic rings. The van der Waals surface area contributed by atoms with Gasteiger partial charge in [-0.2, -0.15) is 0 Å². The summed E-state index contributed by atoms with van der Waals surface area (Å²) in [5, 5.41) is 8.71. The van der Waals surface area contributed by atoms with Crippen LogP contribution in [0, 0.1) is 5.41 Å². The zero-order valence-electron chi connectivity index (χ0n) is 19.9. The molecule has 2 fully saturated rings. The van der Waals surface area contributed by atoms with Gasteiger partial charge in [0.15, 0.2) is 11.9 Å². The van der Waals surface area contributed by atoms with Crippen LogP contribution in [0.15, 0.2) is 30.3 Å². The van der Waals surface area contributed by atoms with Gasteiger partial charge in [-0.3, -0.25) is 20.0 Å². The summed E-state index contributed by atoms with van der Waals surface area (Å²) in [6, 6.07) is 8.24. The number of nitrogens with zero attached hydrogens (tertiary/aromatic N) is 2. The first-order valence-electron chi connectivity index (χ1n) is 11.7. The van der Waals surface area contributed by atoms with E-state index in [4.69, 9.17) is 48.6 Å². The molecule has 4 rings (SSSR count). The molecule has 0 saturated carbocycles. The van der Waals surface area contributed by atoms with E-state index >= 15 is 0 Å². The van der Waals surface area contributed by atoms with Crippen molar-refractivity contribution in [1.29, 1.82) is 5.41 Å². The largest absolute Gasteiger partial charge is 0.488 e. The lowest BCUT2D eigenvalue weighted by Crippen LogP contribution is -2.30. The number of anilines is 1. The topological polar surface area (TPSA) is 118 Å². The lowest BCUT2D eigenvalue weighted by atomic mass is 10.1. The van der Waals surface area contributed by atoms with Crippen molar-refractivity contribution in [2.75, 3.05) is 31.1 Å². The van der Waals surface area contributed by atoms with Gasteiger partial charge in [-0.1, -0.05) is 35.7 Å². The lowest BCUT2D eigenvalue weighted by Gasteiger charge is -2.27. The molecule has 2 aromatic rings. The van der Waals surface area contributed by atoms with Gasteiger partial charge in [-0.05, 0) is 50.2 Å². The van der Waals surface area contributed by atoms with Crippen molar-refractivity contribution in [2.45, 2.75) is 38.8 Å². The number of hydrogen-bond donors (Lipinski definition) is 2. The van der Waals surface area contributed by atoms with Crippen molar-refractivity contribution in [3.63, 3.8) is 0 Å². The Morgan fingerprint density at radius 1 is 1.19 bits per heavy atom. The number of nitrogens with one attached hydrogen (secondary N) is 1. The molecule has 2 aromatic carbocycles. The summed E-state index contributed by atoms with van der Waals surface area (Å²) < 4.78 is 16.9. The highest BCUT2D eigenvalue weighted by Gasteiger charge is 2.36. The molecule has 0 bridgehead atoms. The van der Waals surface area contributed by atoms with Gasteiger partial charge in [0.2, 0.25) is 0 Å². The van der Waals surface area contributed by atoms with Crippen LogP contribution in [-0.2, 0) is 16.1 Å². The second-order valence-corrected chi connectivity index (χ2v) is 9.64. The number of para-hydroxylation sites is 1. The minimum atomic E-state index is -0.631. The number of nitrogen functional groups attached to an aromatic ring is 1.